The van der Waals surface area contributed by atoms with Crippen molar-refractivity contribution in [3.05, 3.63) is 60.8 Å². The van der Waals surface area contributed by atoms with E-state index < -0.39 is 8.07 Å². The zero-order valence-electron chi connectivity index (χ0n) is 13.6. The van der Waals surface area contributed by atoms with Crippen LogP contribution in [0.2, 0.25) is 19.6 Å². The molecule has 114 valence electrons. The van der Waals surface area contributed by atoms with Crippen molar-refractivity contribution in [3.8, 4) is 11.3 Å². The Morgan fingerprint density at radius 2 is 1.65 bits per heavy atom. The van der Waals surface area contributed by atoms with Crippen LogP contribution in [0.15, 0.2) is 65.2 Å². The topological polar surface area (TPSA) is 26.0 Å². The molecule has 0 saturated heterocycles. The lowest BCUT2D eigenvalue weighted by molar-refractivity contribution is 0.670. The quantitative estimate of drug-likeness (QED) is 0.475. The third-order valence-electron chi connectivity index (χ3n) is 4.27. The molecule has 0 unspecified atom stereocenters. The molecule has 0 atom stereocenters. The first kappa shape index (κ1) is 14.2. The van der Waals surface area contributed by atoms with Gasteiger partial charge in [-0.3, -0.25) is 4.98 Å². The van der Waals surface area contributed by atoms with Gasteiger partial charge in [0.05, 0.1) is 13.8 Å². The molecule has 2 nitrogen and oxygen atoms in total. The second-order valence-electron chi connectivity index (χ2n) is 6.93. The van der Waals surface area contributed by atoms with E-state index in [1.165, 1.54) is 16.0 Å². The van der Waals surface area contributed by atoms with Gasteiger partial charge in [0, 0.05) is 22.5 Å². The minimum atomic E-state index is -1.48. The lowest BCUT2D eigenvalue weighted by Gasteiger charge is -2.18. The first-order valence-corrected chi connectivity index (χ1v) is 11.4. The number of hydrogen-bond acceptors (Lipinski definition) is 2. The predicted molar refractivity (Wildman–Crippen MR) is 99.9 cm³/mol. The third-order valence-corrected chi connectivity index (χ3v) is 6.31. The fourth-order valence-corrected chi connectivity index (χ4v) is 4.76. The van der Waals surface area contributed by atoms with Crippen molar-refractivity contribution >= 4 is 35.2 Å². The predicted octanol–water partition coefficient (Wildman–Crippen LogP) is 5.19. The minimum Gasteiger partial charge on any atom is -0.455 e. The number of fused-ring (bicyclic) bond motifs is 3. The SMILES string of the molecule is C[Si](C)(C)c1ccc(-c2ccccn2)c2oc3ccccc3c12. The maximum atomic E-state index is 6.26. The lowest BCUT2D eigenvalue weighted by atomic mass is 10.1. The Bertz CT molecular complexity index is 997. The van der Waals surface area contributed by atoms with Gasteiger partial charge in [-0.25, -0.2) is 0 Å². The van der Waals surface area contributed by atoms with Crippen molar-refractivity contribution in [1.29, 1.82) is 0 Å². The number of hydrogen-bond donors (Lipinski definition) is 0. The first-order valence-electron chi connectivity index (χ1n) is 7.92. The fourth-order valence-electron chi connectivity index (χ4n) is 3.18. The number of furan rings is 1. The molecular formula is C20H19NOSi. The Morgan fingerprint density at radius 1 is 0.870 bits per heavy atom. The number of nitrogens with zero attached hydrogens (tertiary/aromatic N) is 1. The number of aromatic nitrogens is 1. The smallest absolute Gasteiger partial charge is 0.144 e. The average molecular weight is 317 g/mol. The molecule has 0 aliphatic carbocycles. The largest absolute Gasteiger partial charge is 0.455 e. The van der Waals surface area contributed by atoms with Crippen LogP contribution in [0.4, 0.5) is 0 Å². The summed E-state index contributed by atoms with van der Waals surface area (Å²) >= 11 is 0. The Hall–Kier alpha value is -2.39. The van der Waals surface area contributed by atoms with Gasteiger partial charge < -0.3 is 4.42 Å². The van der Waals surface area contributed by atoms with Gasteiger partial charge in [0.25, 0.3) is 0 Å². The van der Waals surface area contributed by atoms with Crippen LogP contribution in [-0.4, -0.2) is 13.1 Å². The van der Waals surface area contributed by atoms with Gasteiger partial charge >= 0.3 is 0 Å². The maximum Gasteiger partial charge on any atom is 0.144 e. The zero-order valence-corrected chi connectivity index (χ0v) is 14.6. The zero-order chi connectivity index (χ0) is 16.0. The normalized spacial score (nSPS) is 12.1. The van der Waals surface area contributed by atoms with Gasteiger partial charge in [-0.05, 0) is 29.5 Å². The van der Waals surface area contributed by atoms with Crippen LogP contribution < -0.4 is 5.19 Å². The van der Waals surface area contributed by atoms with Gasteiger partial charge in [-0.15, -0.1) is 0 Å². The number of pyridine rings is 1. The van der Waals surface area contributed by atoms with Crippen LogP contribution >= 0.6 is 0 Å². The van der Waals surface area contributed by atoms with Gasteiger partial charge in [0.15, 0.2) is 0 Å². The van der Waals surface area contributed by atoms with Crippen molar-refractivity contribution in [2.24, 2.45) is 0 Å². The summed E-state index contributed by atoms with van der Waals surface area (Å²) in [6.45, 7) is 7.14. The van der Waals surface area contributed by atoms with Crippen molar-refractivity contribution < 1.29 is 4.42 Å². The van der Waals surface area contributed by atoms with Crippen LogP contribution in [0.5, 0.6) is 0 Å². The molecule has 0 aliphatic heterocycles. The molecule has 0 spiro atoms. The highest BCUT2D eigenvalue weighted by atomic mass is 28.3. The molecule has 0 bridgehead atoms. The molecule has 23 heavy (non-hydrogen) atoms. The summed E-state index contributed by atoms with van der Waals surface area (Å²) < 4.78 is 6.26. The highest BCUT2D eigenvalue weighted by molar-refractivity contribution is 6.90. The van der Waals surface area contributed by atoms with Crippen LogP contribution in [-0.2, 0) is 0 Å². The van der Waals surface area contributed by atoms with Crippen molar-refractivity contribution in [2.45, 2.75) is 19.6 Å². The summed E-state index contributed by atoms with van der Waals surface area (Å²) in [4.78, 5) is 4.51. The monoisotopic (exact) mass is 317 g/mol. The fraction of sp³-hybridized carbons (Fsp3) is 0.150. The van der Waals surface area contributed by atoms with Crippen LogP contribution in [0, 0.1) is 0 Å². The van der Waals surface area contributed by atoms with E-state index in [1.54, 1.807) is 0 Å². The molecule has 3 heteroatoms. The van der Waals surface area contributed by atoms with E-state index in [-0.39, 0.29) is 0 Å². The maximum absolute atomic E-state index is 6.26. The van der Waals surface area contributed by atoms with Crippen molar-refractivity contribution in [2.75, 3.05) is 0 Å². The molecule has 4 rings (SSSR count). The average Bonchev–Trinajstić information content (AvgIpc) is 2.93. The van der Waals surface area contributed by atoms with Gasteiger partial charge in [0.2, 0.25) is 0 Å². The molecule has 0 amide bonds. The third kappa shape index (κ3) is 2.28. The molecule has 4 aromatic rings. The Morgan fingerprint density at radius 3 is 2.39 bits per heavy atom. The van der Waals surface area contributed by atoms with Crippen molar-refractivity contribution in [1.82, 2.24) is 4.98 Å². The molecule has 2 aromatic carbocycles. The highest BCUT2D eigenvalue weighted by Gasteiger charge is 2.24. The van der Waals surface area contributed by atoms with Gasteiger partial charge in [-0.2, -0.15) is 0 Å². The summed E-state index contributed by atoms with van der Waals surface area (Å²) in [7, 11) is -1.48. The molecular weight excluding hydrogens is 298 g/mol. The summed E-state index contributed by atoms with van der Waals surface area (Å²) in [5.74, 6) is 0. The van der Waals surface area contributed by atoms with E-state index in [4.69, 9.17) is 4.42 Å². The Balaban J connectivity index is 2.16. The summed E-state index contributed by atoms with van der Waals surface area (Å²) in [5.41, 5.74) is 3.94. The summed E-state index contributed by atoms with van der Waals surface area (Å²) in [6.07, 6.45) is 1.83. The minimum absolute atomic E-state index is 0.949. The number of rotatable bonds is 2. The van der Waals surface area contributed by atoms with E-state index in [0.717, 1.165) is 22.4 Å². The molecule has 0 N–H and O–H groups in total. The number of para-hydroxylation sites is 1. The molecule has 0 aliphatic rings. The Kier molecular flexibility index (Phi) is 3.13. The van der Waals surface area contributed by atoms with E-state index in [1.807, 2.05) is 36.5 Å². The molecule has 0 fully saturated rings. The van der Waals surface area contributed by atoms with Crippen LogP contribution in [0.1, 0.15) is 0 Å². The summed E-state index contributed by atoms with van der Waals surface area (Å²) in [6, 6.07) is 18.8. The molecule has 2 aromatic heterocycles. The highest BCUT2D eigenvalue weighted by Crippen LogP contribution is 2.35. The second kappa shape index (κ2) is 5.07. The molecule has 0 radical (unpaired) electrons. The van der Waals surface area contributed by atoms with E-state index >= 15 is 0 Å². The first-order chi connectivity index (χ1) is 11.1. The molecule has 0 saturated carbocycles. The second-order valence-corrected chi connectivity index (χ2v) is 12.0. The standard InChI is InChI=1S/C20H19NOSi/c1-23(2,3)18-12-11-14(16-9-6-7-13-21-16)20-19(18)15-8-4-5-10-17(15)22-20/h4-13H,1-3H3. The van der Waals surface area contributed by atoms with Crippen LogP contribution in [0.3, 0.4) is 0 Å². The van der Waals surface area contributed by atoms with Crippen LogP contribution in [0.25, 0.3) is 33.2 Å². The number of benzene rings is 2. The van der Waals surface area contributed by atoms with Crippen molar-refractivity contribution in [3.63, 3.8) is 0 Å². The molecule has 2 heterocycles. The lowest BCUT2D eigenvalue weighted by Crippen LogP contribution is -2.37. The Labute approximate surface area is 136 Å². The van der Waals surface area contributed by atoms with E-state index in [0.29, 0.717) is 0 Å². The van der Waals surface area contributed by atoms with E-state index in [9.17, 15) is 0 Å². The summed E-state index contributed by atoms with van der Waals surface area (Å²) in [5, 5.41) is 3.91. The van der Waals surface area contributed by atoms with Gasteiger partial charge in [-0.1, -0.05) is 50.0 Å². The van der Waals surface area contributed by atoms with Gasteiger partial charge in [0.1, 0.15) is 11.2 Å². The van der Waals surface area contributed by atoms with E-state index in [2.05, 4.69) is 48.9 Å².